The van der Waals surface area contributed by atoms with Crippen LogP contribution < -0.4 is 19.1 Å². The molecule has 2 aliphatic heterocycles. The van der Waals surface area contributed by atoms with Gasteiger partial charge in [-0.05, 0) is 92.0 Å². The van der Waals surface area contributed by atoms with Crippen LogP contribution in [0, 0.1) is 22.5 Å². The third-order valence-electron chi connectivity index (χ3n) is 11.9. The zero-order valence-electron chi connectivity index (χ0n) is 34.7. The lowest BCUT2D eigenvalue weighted by Crippen LogP contribution is -2.47. The van der Waals surface area contributed by atoms with Crippen molar-refractivity contribution < 1.29 is 32.3 Å². The summed E-state index contributed by atoms with van der Waals surface area (Å²) in [7, 11) is -4.66. The number of hydrogen-bond acceptors (Lipinski definition) is 11. The lowest BCUT2D eigenvalue weighted by Gasteiger charge is -2.39. The molecule has 0 spiro atoms. The van der Waals surface area contributed by atoms with Gasteiger partial charge in [0.25, 0.3) is 15.9 Å². The number of aromatic nitrogens is 2. The third-order valence-corrected chi connectivity index (χ3v) is 14.0. The quantitative estimate of drug-likeness (QED) is 0.0853. The van der Waals surface area contributed by atoms with Gasteiger partial charge in [-0.15, -0.1) is 0 Å². The number of nitrogens with one attached hydrogen (secondary N) is 2. The van der Waals surface area contributed by atoms with Gasteiger partial charge >= 0.3 is 5.69 Å². The monoisotopic (exact) mass is 902 g/mol. The molecule has 2 aromatic heterocycles. The largest absolute Gasteiger partial charge is 0.484 e. The van der Waals surface area contributed by atoms with Crippen molar-refractivity contribution >= 4 is 67.1 Å². The molecule has 1 atom stereocenters. The van der Waals surface area contributed by atoms with Crippen LogP contribution in [0.2, 0.25) is 10.0 Å². The zero-order chi connectivity index (χ0) is 43.8. The highest BCUT2D eigenvalue weighted by atomic mass is 35.5. The van der Waals surface area contributed by atoms with E-state index in [2.05, 4.69) is 50.5 Å². The van der Waals surface area contributed by atoms with Gasteiger partial charge in [-0.3, -0.25) is 19.8 Å². The molecule has 326 valence electrons. The molecular formula is C45H48Cl2N6O8S. The summed E-state index contributed by atoms with van der Waals surface area (Å²) in [5.74, 6) is -1.05. The van der Waals surface area contributed by atoms with Crippen molar-refractivity contribution in [3.63, 3.8) is 0 Å². The number of anilines is 1. The minimum atomic E-state index is -4.66. The summed E-state index contributed by atoms with van der Waals surface area (Å²) in [4.78, 5) is 36.9. The molecule has 2 saturated heterocycles. The average Bonchev–Trinajstić information content (AvgIpc) is 3.95. The van der Waals surface area contributed by atoms with Crippen LogP contribution in [0.3, 0.4) is 0 Å². The first-order chi connectivity index (χ1) is 29.6. The Morgan fingerprint density at radius 3 is 2.58 bits per heavy atom. The number of aromatic amines is 1. The molecule has 17 heteroatoms. The van der Waals surface area contributed by atoms with Gasteiger partial charge < -0.3 is 24.1 Å². The lowest BCUT2D eigenvalue weighted by molar-refractivity contribution is -0.386. The van der Waals surface area contributed by atoms with E-state index in [1.54, 1.807) is 24.4 Å². The summed E-state index contributed by atoms with van der Waals surface area (Å²) in [5.41, 5.74) is 4.80. The van der Waals surface area contributed by atoms with E-state index in [0.29, 0.717) is 25.3 Å². The number of pyridine rings is 1. The molecule has 0 radical (unpaired) electrons. The molecule has 8 rings (SSSR count). The molecule has 14 nitrogen and oxygen atoms in total. The summed E-state index contributed by atoms with van der Waals surface area (Å²) < 4.78 is 48.0. The molecule has 5 aromatic rings. The van der Waals surface area contributed by atoms with E-state index in [9.17, 15) is 23.3 Å². The summed E-state index contributed by atoms with van der Waals surface area (Å²) >= 11 is 12.8. The molecule has 1 unspecified atom stereocenters. The number of sulfonamides is 1. The molecule has 0 bridgehead atoms. The first-order valence-electron chi connectivity index (χ1n) is 20.6. The Balaban J connectivity index is 1.04. The Labute approximate surface area is 370 Å². The number of nitrogens with zero attached hydrogens (tertiary/aromatic N) is 4. The number of rotatable bonds is 13. The Morgan fingerprint density at radius 1 is 1.08 bits per heavy atom. The normalized spacial score (nSPS) is 18.3. The number of carbonyl (C=O) groups is 1. The van der Waals surface area contributed by atoms with Crippen molar-refractivity contribution in [1.29, 1.82) is 0 Å². The van der Waals surface area contributed by atoms with Gasteiger partial charge in [0.1, 0.15) is 28.6 Å². The molecule has 3 aliphatic rings. The van der Waals surface area contributed by atoms with Crippen LogP contribution in [0.1, 0.15) is 67.4 Å². The van der Waals surface area contributed by atoms with Gasteiger partial charge in [-0.1, -0.05) is 54.8 Å². The van der Waals surface area contributed by atoms with Crippen LogP contribution in [-0.4, -0.2) is 86.2 Å². The molecular weight excluding hydrogens is 856 g/mol. The minimum absolute atomic E-state index is 0.0457. The number of H-pyrrole nitrogens is 1. The number of nitro benzene ring substituents is 1. The van der Waals surface area contributed by atoms with Crippen molar-refractivity contribution in [2.45, 2.75) is 63.9 Å². The highest BCUT2D eigenvalue weighted by Gasteiger charge is 2.33. The molecule has 1 amide bonds. The Bertz CT molecular complexity index is 2650. The number of carbonyl (C=O) groups excluding carboxylic acids is 1. The average molecular weight is 904 g/mol. The predicted octanol–water partition coefficient (Wildman–Crippen LogP) is 9.34. The van der Waals surface area contributed by atoms with E-state index in [0.717, 1.165) is 73.9 Å². The summed E-state index contributed by atoms with van der Waals surface area (Å²) in [6, 6.07) is 17.3. The van der Waals surface area contributed by atoms with Gasteiger partial charge in [0.05, 0.1) is 27.8 Å². The number of halogens is 2. The fourth-order valence-corrected chi connectivity index (χ4v) is 9.85. The molecule has 1 aliphatic carbocycles. The molecule has 0 saturated carbocycles. The minimum Gasteiger partial charge on any atom is -0.484 e. The number of piperazine rings is 1. The molecule has 3 aromatic carbocycles. The third kappa shape index (κ3) is 9.57. The van der Waals surface area contributed by atoms with Crippen molar-refractivity contribution in [2.75, 3.05) is 50.8 Å². The number of amides is 1. The number of ether oxygens (including phenoxy) is 3. The van der Waals surface area contributed by atoms with Crippen molar-refractivity contribution in [3.05, 3.63) is 115 Å². The fraction of sp³-hybridized carbons (Fsp3) is 0.378. The van der Waals surface area contributed by atoms with Crippen LogP contribution in [0.25, 0.3) is 16.6 Å². The molecule has 2 N–H and O–H groups in total. The van der Waals surface area contributed by atoms with E-state index in [-0.39, 0.29) is 50.9 Å². The van der Waals surface area contributed by atoms with Crippen molar-refractivity contribution in [3.8, 4) is 17.2 Å². The maximum absolute atomic E-state index is 14.2. The number of benzene rings is 3. The van der Waals surface area contributed by atoms with E-state index in [4.69, 9.17) is 37.4 Å². The smallest absolute Gasteiger partial charge is 0.312 e. The maximum Gasteiger partial charge on any atom is 0.312 e. The summed E-state index contributed by atoms with van der Waals surface area (Å²) in [6.07, 6.45) is 7.71. The SMILES string of the molecule is Cc1c(Cl)c(C(=O)NS(=O)(=O)c2ccc(N3CCN(CC4=C(c5ccc(Cl)cc5)CC(C)(C)CC4)CC3)cc2Oc2cnc3[nH]ccc3c2)cc([N+](=O)[O-])c1OCC1CCCO1. The van der Waals surface area contributed by atoms with E-state index in [1.165, 1.54) is 35.9 Å². The lowest BCUT2D eigenvalue weighted by atomic mass is 9.72. The molecule has 62 heavy (non-hydrogen) atoms. The van der Waals surface area contributed by atoms with Crippen molar-refractivity contribution in [2.24, 2.45) is 5.41 Å². The van der Waals surface area contributed by atoms with Gasteiger partial charge in [0.15, 0.2) is 0 Å². The second-order valence-electron chi connectivity index (χ2n) is 16.9. The van der Waals surface area contributed by atoms with E-state index >= 15 is 0 Å². The van der Waals surface area contributed by atoms with Crippen LogP contribution in [0.5, 0.6) is 17.2 Å². The first-order valence-corrected chi connectivity index (χ1v) is 22.9. The van der Waals surface area contributed by atoms with Crippen LogP contribution in [-0.2, 0) is 14.8 Å². The van der Waals surface area contributed by atoms with Gasteiger partial charge in [0.2, 0.25) is 5.75 Å². The number of allylic oxidation sites excluding steroid dienone is 1. The highest BCUT2D eigenvalue weighted by molar-refractivity contribution is 7.90. The van der Waals surface area contributed by atoms with E-state index < -0.39 is 32.1 Å². The van der Waals surface area contributed by atoms with Crippen LogP contribution >= 0.6 is 23.2 Å². The first kappa shape index (κ1) is 43.5. The summed E-state index contributed by atoms with van der Waals surface area (Å²) in [5, 5.41) is 13.5. The number of hydrogen-bond donors (Lipinski definition) is 2. The molecule has 4 heterocycles. The van der Waals surface area contributed by atoms with Gasteiger partial charge in [-0.25, -0.2) is 18.1 Å². The number of nitro groups is 1. The van der Waals surface area contributed by atoms with Crippen LogP contribution in [0.4, 0.5) is 11.4 Å². The number of fused-ring (bicyclic) bond motifs is 1. The van der Waals surface area contributed by atoms with Gasteiger partial charge in [-0.2, -0.15) is 0 Å². The Morgan fingerprint density at radius 2 is 1.85 bits per heavy atom. The molecule has 2 fully saturated rings. The zero-order valence-corrected chi connectivity index (χ0v) is 37.0. The predicted molar refractivity (Wildman–Crippen MR) is 239 cm³/mol. The van der Waals surface area contributed by atoms with Crippen molar-refractivity contribution in [1.82, 2.24) is 19.6 Å². The fourth-order valence-electron chi connectivity index (χ4n) is 8.42. The van der Waals surface area contributed by atoms with Crippen LogP contribution in [0.15, 0.2) is 83.5 Å². The Kier molecular flexibility index (Phi) is 12.5. The van der Waals surface area contributed by atoms with E-state index in [1.807, 2.05) is 18.2 Å². The maximum atomic E-state index is 14.2. The highest BCUT2D eigenvalue weighted by Crippen LogP contribution is 2.44. The standard InChI is InChI=1S/C45H48Cl2N6O8S/c1-28-41(47)36(23-38(53(55)56)42(28)60-27-34-5-4-20-59-34)44(54)50-62(57,58)40-11-10-33(22-39(40)61-35-21-30-13-15-48-43(30)49-25-35)52-18-16-51(17-19-52)26-31-12-14-45(2,3)24-37(31)29-6-8-32(46)9-7-29/h6-11,13,15,21-23,25,34H,4-5,12,14,16-20,24,26-27H2,1-3H3,(H,48,49)(H,50,54). The Hall–Kier alpha value is -5.19. The second kappa shape index (κ2) is 17.9. The van der Waals surface area contributed by atoms with Gasteiger partial charge in [0, 0.05) is 79.3 Å². The topological polar surface area (TPSA) is 169 Å². The summed E-state index contributed by atoms with van der Waals surface area (Å²) in [6.45, 7) is 10.5. The second-order valence-corrected chi connectivity index (χ2v) is 19.3.